The van der Waals surface area contributed by atoms with Crippen LogP contribution in [-0.4, -0.2) is 50.9 Å². The lowest BCUT2D eigenvalue weighted by molar-refractivity contribution is 0.0681. The summed E-state index contributed by atoms with van der Waals surface area (Å²) in [5.41, 5.74) is 2.62. The third kappa shape index (κ3) is 4.90. The molecular formula is C20H23BrN2O3S. The van der Waals surface area contributed by atoms with Gasteiger partial charge in [-0.1, -0.05) is 28.1 Å². The molecule has 0 radical (unpaired) electrons. The Morgan fingerprint density at radius 3 is 2.22 bits per heavy atom. The fourth-order valence-corrected chi connectivity index (χ4v) is 5.24. The third-order valence-corrected chi connectivity index (χ3v) is 7.09. The number of sulfone groups is 1. The molecule has 1 heterocycles. The van der Waals surface area contributed by atoms with E-state index in [-0.39, 0.29) is 23.5 Å². The number of hydrogen-bond donors (Lipinski definition) is 0. The van der Waals surface area contributed by atoms with Crippen molar-refractivity contribution in [2.75, 3.05) is 30.5 Å². The highest BCUT2D eigenvalue weighted by molar-refractivity contribution is 9.10. The van der Waals surface area contributed by atoms with Gasteiger partial charge in [-0.15, -0.1) is 0 Å². The summed E-state index contributed by atoms with van der Waals surface area (Å²) in [7, 11) is 0.867. The highest BCUT2D eigenvalue weighted by Gasteiger charge is 2.35. The summed E-state index contributed by atoms with van der Waals surface area (Å²) in [4.78, 5) is 16.9. The Labute approximate surface area is 169 Å². The van der Waals surface area contributed by atoms with Gasteiger partial charge in [-0.25, -0.2) is 8.42 Å². The van der Waals surface area contributed by atoms with Gasteiger partial charge in [-0.2, -0.15) is 0 Å². The van der Waals surface area contributed by atoms with Crippen LogP contribution < -0.4 is 4.90 Å². The SMILES string of the molecule is CN(C)c1ccc(CN(C(=O)c2ccc(Br)cc2)[C@@H]2CCS(=O)(=O)C2)cc1. The molecule has 1 aliphatic heterocycles. The maximum Gasteiger partial charge on any atom is 0.254 e. The van der Waals surface area contributed by atoms with Crippen LogP contribution in [0.1, 0.15) is 22.3 Å². The van der Waals surface area contributed by atoms with Crippen molar-refractivity contribution in [1.82, 2.24) is 4.90 Å². The summed E-state index contributed by atoms with van der Waals surface area (Å²) in [6, 6.07) is 14.9. The van der Waals surface area contributed by atoms with Gasteiger partial charge < -0.3 is 9.80 Å². The average Bonchev–Trinajstić information content (AvgIpc) is 2.99. The van der Waals surface area contributed by atoms with E-state index >= 15 is 0 Å². The van der Waals surface area contributed by atoms with Gasteiger partial charge in [0.05, 0.1) is 11.5 Å². The first-order chi connectivity index (χ1) is 12.7. The maximum atomic E-state index is 13.1. The number of halogens is 1. The molecule has 1 fully saturated rings. The predicted octanol–water partition coefficient (Wildman–Crippen LogP) is 3.34. The van der Waals surface area contributed by atoms with E-state index < -0.39 is 9.84 Å². The summed E-state index contributed by atoms with van der Waals surface area (Å²) in [5.74, 6) is 0.0353. The molecule has 0 aromatic heterocycles. The summed E-state index contributed by atoms with van der Waals surface area (Å²) < 4.78 is 24.8. The van der Waals surface area contributed by atoms with Crippen molar-refractivity contribution in [3.63, 3.8) is 0 Å². The van der Waals surface area contributed by atoms with E-state index in [1.54, 1.807) is 17.0 Å². The van der Waals surface area contributed by atoms with Gasteiger partial charge in [-0.3, -0.25) is 4.79 Å². The molecule has 144 valence electrons. The van der Waals surface area contributed by atoms with Gasteiger partial charge in [0.2, 0.25) is 0 Å². The van der Waals surface area contributed by atoms with Crippen LogP contribution in [0.3, 0.4) is 0 Å². The molecule has 3 rings (SSSR count). The molecule has 2 aromatic carbocycles. The molecule has 2 aromatic rings. The van der Waals surface area contributed by atoms with E-state index in [1.165, 1.54) is 0 Å². The van der Waals surface area contributed by atoms with Crippen LogP contribution in [0, 0.1) is 0 Å². The second kappa shape index (κ2) is 8.02. The average molecular weight is 451 g/mol. The number of carbonyl (C=O) groups excluding carboxylic acids is 1. The number of benzene rings is 2. The van der Waals surface area contributed by atoms with Crippen molar-refractivity contribution < 1.29 is 13.2 Å². The normalized spacial score (nSPS) is 18.3. The zero-order chi connectivity index (χ0) is 19.6. The Hall–Kier alpha value is -1.86. The summed E-state index contributed by atoms with van der Waals surface area (Å²) in [6.07, 6.45) is 0.486. The van der Waals surface area contributed by atoms with E-state index in [2.05, 4.69) is 15.9 Å². The number of hydrogen-bond acceptors (Lipinski definition) is 4. The molecule has 0 N–H and O–H groups in total. The van der Waals surface area contributed by atoms with Crippen LogP contribution >= 0.6 is 15.9 Å². The number of rotatable bonds is 5. The molecule has 0 spiro atoms. The first-order valence-corrected chi connectivity index (χ1v) is 11.4. The largest absolute Gasteiger partial charge is 0.378 e. The van der Waals surface area contributed by atoms with E-state index in [4.69, 9.17) is 0 Å². The molecule has 1 amide bonds. The monoisotopic (exact) mass is 450 g/mol. The fourth-order valence-electron chi connectivity index (χ4n) is 3.24. The van der Waals surface area contributed by atoms with Crippen LogP contribution in [0.25, 0.3) is 0 Å². The molecule has 7 heteroatoms. The Morgan fingerprint density at radius 1 is 1.07 bits per heavy atom. The van der Waals surface area contributed by atoms with E-state index in [0.717, 1.165) is 15.7 Å². The van der Waals surface area contributed by atoms with Crippen molar-refractivity contribution in [1.29, 1.82) is 0 Å². The van der Waals surface area contributed by atoms with E-state index in [1.807, 2.05) is 55.4 Å². The third-order valence-electron chi connectivity index (χ3n) is 4.81. The molecule has 27 heavy (non-hydrogen) atoms. The lowest BCUT2D eigenvalue weighted by Gasteiger charge is -2.29. The topological polar surface area (TPSA) is 57.7 Å². The Morgan fingerprint density at radius 2 is 1.70 bits per heavy atom. The minimum atomic E-state index is -3.08. The van der Waals surface area contributed by atoms with Crippen molar-refractivity contribution in [3.05, 3.63) is 64.1 Å². The molecule has 1 saturated heterocycles. The van der Waals surface area contributed by atoms with Crippen molar-refractivity contribution in [2.24, 2.45) is 0 Å². The second-order valence-corrected chi connectivity index (χ2v) is 10.2. The van der Waals surface area contributed by atoms with Crippen molar-refractivity contribution in [3.8, 4) is 0 Å². The first-order valence-electron chi connectivity index (χ1n) is 8.78. The van der Waals surface area contributed by atoms with Crippen LogP contribution in [0.5, 0.6) is 0 Å². The molecule has 0 unspecified atom stereocenters. The number of carbonyl (C=O) groups is 1. The highest BCUT2D eigenvalue weighted by Crippen LogP contribution is 2.24. The summed E-state index contributed by atoms with van der Waals surface area (Å²) >= 11 is 3.38. The van der Waals surface area contributed by atoms with Crippen LogP contribution in [0.2, 0.25) is 0 Å². The molecule has 5 nitrogen and oxygen atoms in total. The number of nitrogens with zero attached hydrogens (tertiary/aromatic N) is 2. The first kappa shape index (κ1) is 19.9. The predicted molar refractivity (Wildman–Crippen MR) is 112 cm³/mol. The quantitative estimate of drug-likeness (QED) is 0.700. The van der Waals surface area contributed by atoms with E-state index in [0.29, 0.717) is 18.5 Å². The Bertz CT molecular complexity index is 909. The summed E-state index contributed by atoms with van der Waals surface area (Å²) in [6.45, 7) is 0.392. The molecule has 0 bridgehead atoms. The van der Waals surface area contributed by atoms with Gasteiger partial charge >= 0.3 is 0 Å². The molecule has 1 aliphatic rings. The molecular weight excluding hydrogens is 428 g/mol. The van der Waals surface area contributed by atoms with Crippen LogP contribution in [0.15, 0.2) is 53.0 Å². The second-order valence-electron chi connectivity index (χ2n) is 7.06. The van der Waals surface area contributed by atoms with Gasteiger partial charge in [0.15, 0.2) is 9.84 Å². The Kier molecular flexibility index (Phi) is 5.91. The van der Waals surface area contributed by atoms with Gasteiger partial charge in [0.1, 0.15) is 0 Å². The zero-order valence-electron chi connectivity index (χ0n) is 15.4. The van der Waals surface area contributed by atoms with Gasteiger partial charge in [-0.05, 0) is 48.4 Å². The standard InChI is InChI=1S/C20H23BrN2O3S/c1-22(2)18-9-3-15(4-10-18)13-23(19-11-12-27(25,26)14-19)20(24)16-5-7-17(21)8-6-16/h3-10,19H,11-14H2,1-2H3/t19-/m1/s1. The summed E-state index contributed by atoms with van der Waals surface area (Å²) in [5, 5.41) is 0. The van der Waals surface area contributed by atoms with Crippen molar-refractivity contribution in [2.45, 2.75) is 19.0 Å². The van der Waals surface area contributed by atoms with E-state index in [9.17, 15) is 13.2 Å². The minimum Gasteiger partial charge on any atom is -0.378 e. The zero-order valence-corrected chi connectivity index (χ0v) is 17.8. The van der Waals surface area contributed by atoms with Crippen molar-refractivity contribution >= 4 is 37.4 Å². The lowest BCUT2D eigenvalue weighted by atomic mass is 10.1. The Balaban J connectivity index is 1.87. The fraction of sp³-hybridized carbons (Fsp3) is 0.350. The van der Waals surface area contributed by atoms with Crippen LogP contribution in [0.4, 0.5) is 5.69 Å². The molecule has 0 saturated carbocycles. The number of amides is 1. The highest BCUT2D eigenvalue weighted by atomic mass is 79.9. The van der Waals surface area contributed by atoms with Gasteiger partial charge in [0.25, 0.3) is 5.91 Å². The minimum absolute atomic E-state index is 0.0328. The smallest absolute Gasteiger partial charge is 0.254 e. The number of anilines is 1. The van der Waals surface area contributed by atoms with Crippen LogP contribution in [-0.2, 0) is 16.4 Å². The molecule has 0 aliphatic carbocycles. The van der Waals surface area contributed by atoms with Gasteiger partial charge in [0, 0.05) is 42.4 Å². The lowest BCUT2D eigenvalue weighted by Crippen LogP contribution is -2.40. The molecule has 1 atom stereocenters. The maximum absolute atomic E-state index is 13.1.